The summed E-state index contributed by atoms with van der Waals surface area (Å²) in [7, 11) is 0. The van der Waals surface area contributed by atoms with E-state index >= 15 is 0 Å². The first-order valence-corrected chi connectivity index (χ1v) is 6.28. The lowest BCUT2D eigenvalue weighted by Crippen LogP contribution is -2.41. The van der Waals surface area contributed by atoms with Gasteiger partial charge in [-0.2, -0.15) is 0 Å². The van der Waals surface area contributed by atoms with E-state index in [0.29, 0.717) is 5.56 Å². The predicted molar refractivity (Wildman–Crippen MR) is 74.1 cm³/mol. The number of aliphatic hydroxyl groups excluding tert-OH is 1. The van der Waals surface area contributed by atoms with Gasteiger partial charge < -0.3 is 16.2 Å². The molecule has 0 aliphatic rings. The van der Waals surface area contributed by atoms with E-state index in [1.54, 1.807) is 0 Å². The van der Waals surface area contributed by atoms with Crippen LogP contribution in [0.4, 0.5) is 5.69 Å². The lowest BCUT2D eigenvalue weighted by atomic mass is 10.0. The molecule has 0 saturated heterocycles. The number of rotatable bonds is 4. The van der Waals surface area contributed by atoms with E-state index in [-0.39, 0.29) is 40.2 Å². The molecule has 1 amide bonds. The van der Waals surface area contributed by atoms with Crippen molar-refractivity contribution in [1.82, 2.24) is 5.32 Å². The lowest BCUT2D eigenvalue weighted by Gasteiger charge is -2.20. The van der Waals surface area contributed by atoms with Crippen LogP contribution in [-0.2, 0) is 0 Å². The van der Waals surface area contributed by atoms with E-state index < -0.39 is 0 Å². The zero-order chi connectivity index (χ0) is 13.9. The SMILES string of the molecule is CC(C)[C@@H](CO)NC(=O)c1cc(N)c(Cl)c(Cl)c1. The lowest BCUT2D eigenvalue weighted by molar-refractivity contribution is 0.0897. The number of hydrogen-bond acceptors (Lipinski definition) is 3. The fourth-order valence-electron chi connectivity index (χ4n) is 1.42. The van der Waals surface area contributed by atoms with Crippen molar-refractivity contribution in [3.63, 3.8) is 0 Å². The Labute approximate surface area is 116 Å². The van der Waals surface area contributed by atoms with Crippen LogP contribution in [0, 0.1) is 5.92 Å². The Kier molecular flexibility index (Phi) is 5.26. The molecule has 100 valence electrons. The molecule has 0 unspecified atom stereocenters. The number of nitrogen functional groups attached to an aromatic ring is 1. The Morgan fingerprint density at radius 1 is 1.44 bits per heavy atom. The Balaban J connectivity index is 2.91. The van der Waals surface area contributed by atoms with Crippen molar-refractivity contribution in [2.45, 2.75) is 19.9 Å². The van der Waals surface area contributed by atoms with Gasteiger partial charge in [0.25, 0.3) is 5.91 Å². The van der Waals surface area contributed by atoms with Crippen LogP contribution in [0.5, 0.6) is 0 Å². The molecule has 1 aromatic rings. The Bertz CT molecular complexity index is 427. The van der Waals surface area contributed by atoms with E-state index in [4.69, 9.17) is 34.0 Å². The molecule has 0 radical (unpaired) electrons. The van der Waals surface area contributed by atoms with Crippen molar-refractivity contribution >= 4 is 34.8 Å². The molecule has 0 saturated carbocycles. The molecule has 1 atom stereocenters. The molecule has 18 heavy (non-hydrogen) atoms. The zero-order valence-corrected chi connectivity index (χ0v) is 11.7. The summed E-state index contributed by atoms with van der Waals surface area (Å²) >= 11 is 11.7. The Morgan fingerprint density at radius 3 is 2.50 bits per heavy atom. The van der Waals surface area contributed by atoms with Gasteiger partial charge in [-0.3, -0.25) is 4.79 Å². The molecular weight excluding hydrogens is 275 g/mol. The predicted octanol–water partition coefficient (Wildman–Crippen LogP) is 2.32. The number of carbonyl (C=O) groups is 1. The normalized spacial score (nSPS) is 12.6. The first-order chi connectivity index (χ1) is 8.36. The highest BCUT2D eigenvalue weighted by Crippen LogP contribution is 2.29. The molecule has 1 aromatic carbocycles. The minimum atomic E-state index is -0.340. The molecule has 0 aliphatic heterocycles. The van der Waals surface area contributed by atoms with Gasteiger partial charge in [-0.25, -0.2) is 0 Å². The van der Waals surface area contributed by atoms with Gasteiger partial charge in [0.2, 0.25) is 0 Å². The minimum Gasteiger partial charge on any atom is -0.397 e. The number of nitrogens with two attached hydrogens (primary N) is 1. The van der Waals surface area contributed by atoms with Crippen molar-refractivity contribution in [2.24, 2.45) is 5.92 Å². The van der Waals surface area contributed by atoms with Crippen LogP contribution in [0.15, 0.2) is 12.1 Å². The molecular formula is C12H16Cl2N2O2. The molecule has 0 heterocycles. The van der Waals surface area contributed by atoms with Crippen molar-refractivity contribution in [2.75, 3.05) is 12.3 Å². The Hall–Kier alpha value is -0.970. The number of aliphatic hydroxyl groups is 1. The zero-order valence-electron chi connectivity index (χ0n) is 10.2. The second-order valence-electron chi connectivity index (χ2n) is 4.37. The van der Waals surface area contributed by atoms with Gasteiger partial charge >= 0.3 is 0 Å². The fraction of sp³-hybridized carbons (Fsp3) is 0.417. The molecule has 0 spiro atoms. The third kappa shape index (κ3) is 3.51. The summed E-state index contributed by atoms with van der Waals surface area (Å²) in [5, 5.41) is 12.3. The van der Waals surface area contributed by atoms with Crippen LogP contribution < -0.4 is 11.1 Å². The largest absolute Gasteiger partial charge is 0.397 e. The molecule has 0 aliphatic carbocycles. The number of amides is 1. The van der Waals surface area contributed by atoms with Crippen LogP contribution in [-0.4, -0.2) is 23.7 Å². The van der Waals surface area contributed by atoms with Gasteiger partial charge in [0.15, 0.2) is 0 Å². The first kappa shape index (κ1) is 15.1. The molecule has 6 heteroatoms. The maximum absolute atomic E-state index is 12.0. The van der Waals surface area contributed by atoms with E-state index in [2.05, 4.69) is 5.32 Å². The Morgan fingerprint density at radius 2 is 2.06 bits per heavy atom. The van der Waals surface area contributed by atoms with Gasteiger partial charge in [-0.05, 0) is 18.1 Å². The fourth-order valence-corrected chi connectivity index (χ4v) is 1.75. The second kappa shape index (κ2) is 6.27. The smallest absolute Gasteiger partial charge is 0.251 e. The van der Waals surface area contributed by atoms with Crippen molar-refractivity contribution in [3.05, 3.63) is 27.7 Å². The molecule has 0 fully saturated rings. The van der Waals surface area contributed by atoms with Crippen LogP contribution in [0.1, 0.15) is 24.2 Å². The van der Waals surface area contributed by atoms with Gasteiger partial charge in [0.05, 0.1) is 28.4 Å². The average molecular weight is 291 g/mol. The van der Waals surface area contributed by atoms with Crippen LogP contribution in [0.3, 0.4) is 0 Å². The highest BCUT2D eigenvalue weighted by Gasteiger charge is 2.17. The summed E-state index contributed by atoms with van der Waals surface area (Å²) in [5.74, 6) is -0.216. The average Bonchev–Trinajstić information content (AvgIpc) is 2.31. The monoisotopic (exact) mass is 290 g/mol. The van der Waals surface area contributed by atoms with Crippen molar-refractivity contribution in [1.29, 1.82) is 0 Å². The number of anilines is 1. The van der Waals surface area contributed by atoms with Crippen molar-refractivity contribution in [3.8, 4) is 0 Å². The third-order valence-corrected chi connectivity index (χ3v) is 3.45. The summed E-state index contributed by atoms with van der Waals surface area (Å²) < 4.78 is 0. The number of benzene rings is 1. The number of carbonyl (C=O) groups excluding carboxylic acids is 1. The van der Waals surface area contributed by atoms with Gasteiger partial charge in [-0.1, -0.05) is 37.0 Å². The molecule has 4 N–H and O–H groups in total. The van der Waals surface area contributed by atoms with E-state index in [1.165, 1.54) is 12.1 Å². The number of nitrogens with one attached hydrogen (secondary N) is 1. The highest BCUT2D eigenvalue weighted by molar-refractivity contribution is 6.43. The molecule has 1 rings (SSSR count). The standard InChI is InChI=1S/C12H16Cl2N2O2/c1-6(2)10(5-17)16-12(18)7-3-8(13)11(14)9(15)4-7/h3-4,6,10,17H,5,15H2,1-2H3,(H,16,18)/t10-/m1/s1. The second-order valence-corrected chi connectivity index (χ2v) is 5.15. The topological polar surface area (TPSA) is 75.3 Å². The number of halogens is 2. The van der Waals surface area contributed by atoms with Gasteiger partial charge in [0, 0.05) is 5.56 Å². The summed E-state index contributed by atoms with van der Waals surface area (Å²) in [6, 6.07) is 2.59. The molecule has 0 bridgehead atoms. The summed E-state index contributed by atoms with van der Waals surface area (Å²) in [5.41, 5.74) is 6.21. The first-order valence-electron chi connectivity index (χ1n) is 5.53. The quantitative estimate of drug-likeness (QED) is 0.745. The molecule has 4 nitrogen and oxygen atoms in total. The third-order valence-electron chi connectivity index (χ3n) is 2.64. The highest BCUT2D eigenvalue weighted by atomic mass is 35.5. The summed E-state index contributed by atoms with van der Waals surface area (Å²) in [6.45, 7) is 3.69. The minimum absolute atomic E-state index is 0.124. The van der Waals surface area contributed by atoms with E-state index in [9.17, 15) is 4.79 Å². The van der Waals surface area contributed by atoms with Gasteiger partial charge in [0.1, 0.15) is 0 Å². The maximum Gasteiger partial charge on any atom is 0.251 e. The van der Waals surface area contributed by atoms with E-state index in [1.807, 2.05) is 13.8 Å². The number of hydrogen-bond donors (Lipinski definition) is 3. The van der Waals surface area contributed by atoms with Gasteiger partial charge in [-0.15, -0.1) is 0 Å². The molecule has 0 aromatic heterocycles. The maximum atomic E-state index is 12.0. The van der Waals surface area contributed by atoms with Crippen LogP contribution in [0.2, 0.25) is 10.0 Å². The van der Waals surface area contributed by atoms with Crippen molar-refractivity contribution < 1.29 is 9.90 Å². The van der Waals surface area contributed by atoms with E-state index in [0.717, 1.165) is 0 Å². The van der Waals surface area contributed by atoms with Crippen LogP contribution >= 0.6 is 23.2 Å². The summed E-state index contributed by atoms with van der Waals surface area (Å²) in [6.07, 6.45) is 0. The van der Waals surface area contributed by atoms with Crippen LogP contribution in [0.25, 0.3) is 0 Å². The summed E-state index contributed by atoms with van der Waals surface area (Å²) in [4.78, 5) is 12.0.